The molecule has 0 unspecified atom stereocenters. The lowest BCUT2D eigenvalue weighted by atomic mass is 10.2. The fraction of sp³-hybridized carbons (Fsp3) is 0.231. The minimum Gasteiger partial charge on any atom is -0.337 e. The molecule has 0 spiro atoms. The Morgan fingerprint density at radius 1 is 1.20 bits per heavy atom. The first-order valence-electron chi connectivity index (χ1n) is 6.11. The summed E-state index contributed by atoms with van der Waals surface area (Å²) in [5.41, 5.74) is 3.26. The maximum atomic E-state index is 13.6. The Kier molecular flexibility index (Phi) is 4.09. The van der Waals surface area contributed by atoms with Crippen LogP contribution >= 0.6 is 0 Å². The van der Waals surface area contributed by atoms with Gasteiger partial charge in [-0.3, -0.25) is 0 Å². The van der Waals surface area contributed by atoms with E-state index in [2.05, 4.69) is 20.7 Å². The zero-order chi connectivity index (χ0) is 14.7. The van der Waals surface area contributed by atoms with Gasteiger partial charge in [0.1, 0.15) is 29.1 Å². The molecule has 2 rings (SSSR count). The summed E-state index contributed by atoms with van der Waals surface area (Å²) < 4.78 is 26.5. The van der Waals surface area contributed by atoms with E-state index in [1.54, 1.807) is 6.92 Å². The maximum absolute atomic E-state index is 13.6. The van der Waals surface area contributed by atoms with E-state index in [1.165, 1.54) is 12.1 Å². The summed E-state index contributed by atoms with van der Waals surface area (Å²) in [6.07, 6.45) is 0.607. The minimum atomic E-state index is -0.691. The Balaban J connectivity index is 2.42. The summed E-state index contributed by atoms with van der Waals surface area (Å²) in [6.45, 7) is 3.64. The highest BCUT2D eigenvalue weighted by atomic mass is 19.1. The third-order valence-electron chi connectivity index (χ3n) is 2.83. The number of nitrogen functional groups attached to an aromatic ring is 1. The molecule has 0 aliphatic heterocycles. The molecule has 7 heteroatoms. The number of hydrogen-bond acceptors (Lipinski definition) is 5. The molecule has 1 aromatic carbocycles. The summed E-state index contributed by atoms with van der Waals surface area (Å²) >= 11 is 0. The van der Waals surface area contributed by atoms with E-state index in [0.29, 0.717) is 29.4 Å². The smallest absolute Gasteiger partial charge is 0.149 e. The van der Waals surface area contributed by atoms with Crippen molar-refractivity contribution in [3.8, 4) is 0 Å². The van der Waals surface area contributed by atoms with E-state index < -0.39 is 11.6 Å². The molecule has 0 bridgehead atoms. The molecule has 0 fully saturated rings. The summed E-state index contributed by atoms with van der Waals surface area (Å²) in [4.78, 5) is 8.49. The van der Waals surface area contributed by atoms with Crippen LogP contribution in [-0.2, 0) is 6.42 Å². The summed E-state index contributed by atoms with van der Waals surface area (Å²) in [7, 11) is 0. The predicted octanol–water partition coefficient (Wildman–Crippen LogP) is 2.65. The third kappa shape index (κ3) is 2.83. The summed E-state index contributed by atoms with van der Waals surface area (Å²) in [5.74, 6) is 5.52. The van der Waals surface area contributed by atoms with E-state index >= 15 is 0 Å². The van der Waals surface area contributed by atoms with Gasteiger partial charge in [-0.05, 0) is 19.1 Å². The molecule has 0 aliphatic rings. The van der Waals surface area contributed by atoms with Crippen molar-refractivity contribution >= 4 is 17.3 Å². The largest absolute Gasteiger partial charge is 0.337 e. The lowest BCUT2D eigenvalue weighted by Gasteiger charge is -2.13. The van der Waals surface area contributed by atoms with Crippen LogP contribution in [0.3, 0.4) is 0 Å². The number of hydrogen-bond donors (Lipinski definition) is 3. The number of benzene rings is 1. The standard InChI is InChI=1S/C13H15F2N5/c1-3-11-18-12(7(2)13(19-11)20-16)17-10-5-4-8(14)6-9(10)15/h4-6H,3,16H2,1-2H3,(H2,17,18,19,20). The van der Waals surface area contributed by atoms with Crippen LogP contribution in [0.5, 0.6) is 0 Å². The zero-order valence-electron chi connectivity index (χ0n) is 11.2. The Hall–Kier alpha value is -2.28. The molecular weight excluding hydrogens is 264 g/mol. The SMILES string of the molecule is CCc1nc(NN)c(C)c(Nc2ccc(F)cc2F)n1. The molecule has 2 aromatic rings. The van der Waals surface area contributed by atoms with Crippen LogP contribution < -0.4 is 16.6 Å². The van der Waals surface area contributed by atoms with E-state index in [4.69, 9.17) is 5.84 Å². The molecule has 4 N–H and O–H groups in total. The molecule has 106 valence electrons. The Bertz CT molecular complexity index is 630. The van der Waals surface area contributed by atoms with Crippen molar-refractivity contribution < 1.29 is 8.78 Å². The molecule has 0 aliphatic carbocycles. The molecule has 0 radical (unpaired) electrons. The zero-order valence-corrected chi connectivity index (χ0v) is 11.2. The van der Waals surface area contributed by atoms with E-state index in [9.17, 15) is 8.78 Å². The molecule has 0 amide bonds. The van der Waals surface area contributed by atoms with Crippen molar-refractivity contribution in [3.63, 3.8) is 0 Å². The number of anilines is 3. The molecule has 1 aromatic heterocycles. The van der Waals surface area contributed by atoms with Crippen LogP contribution in [0.15, 0.2) is 18.2 Å². The predicted molar refractivity (Wildman–Crippen MR) is 73.6 cm³/mol. The monoisotopic (exact) mass is 279 g/mol. The van der Waals surface area contributed by atoms with Gasteiger partial charge < -0.3 is 10.7 Å². The highest BCUT2D eigenvalue weighted by Crippen LogP contribution is 2.25. The molecular formula is C13H15F2N5. The number of hydrazine groups is 1. The van der Waals surface area contributed by atoms with Crippen molar-refractivity contribution in [2.24, 2.45) is 5.84 Å². The van der Waals surface area contributed by atoms with Gasteiger partial charge in [0.15, 0.2) is 0 Å². The van der Waals surface area contributed by atoms with Crippen molar-refractivity contribution in [2.45, 2.75) is 20.3 Å². The van der Waals surface area contributed by atoms with Crippen molar-refractivity contribution in [1.82, 2.24) is 9.97 Å². The first kappa shape index (κ1) is 14.1. The van der Waals surface area contributed by atoms with Crippen LogP contribution in [0.2, 0.25) is 0 Å². The van der Waals surface area contributed by atoms with Gasteiger partial charge in [0.25, 0.3) is 0 Å². The first-order chi connectivity index (χ1) is 9.55. The van der Waals surface area contributed by atoms with Crippen LogP contribution in [0, 0.1) is 18.6 Å². The second kappa shape index (κ2) is 5.79. The number of nitrogens with zero attached hydrogens (tertiary/aromatic N) is 2. The van der Waals surface area contributed by atoms with E-state index in [1.807, 2.05) is 6.92 Å². The number of rotatable bonds is 4. The number of halogens is 2. The molecule has 0 atom stereocenters. The summed E-state index contributed by atoms with van der Waals surface area (Å²) in [6, 6.07) is 3.29. The quantitative estimate of drug-likeness (QED) is 0.592. The summed E-state index contributed by atoms with van der Waals surface area (Å²) in [5, 5.41) is 2.83. The Labute approximate surface area is 115 Å². The maximum Gasteiger partial charge on any atom is 0.149 e. The average molecular weight is 279 g/mol. The highest BCUT2D eigenvalue weighted by Gasteiger charge is 2.12. The molecule has 0 saturated carbocycles. The van der Waals surface area contributed by atoms with Gasteiger partial charge in [-0.1, -0.05) is 6.92 Å². The minimum absolute atomic E-state index is 0.137. The fourth-order valence-corrected chi connectivity index (χ4v) is 1.70. The lowest BCUT2D eigenvalue weighted by Crippen LogP contribution is -2.14. The lowest BCUT2D eigenvalue weighted by molar-refractivity contribution is 0.586. The van der Waals surface area contributed by atoms with Gasteiger partial charge in [0.2, 0.25) is 0 Å². The van der Waals surface area contributed by atoms with Crippen molar-refractivity contribution in [1.29, 1.82) is 0 Å². The highest BCUT2D eigenvalue weighted by molar-refractivity contribution is 5.64. The molecule has 0 saturated heterocycles. The van der Waals surface area contributed by atoms with Crippen molar-refractivity contribution in [3.05, 3.63) is 41.2 Å². The normalized spacial score (nSPS) is 10.4. The molecule has 1 heterocycles. The molecule has 5 nitrogen and oxygen atoms in total. The van der Waals surface area contributed by atoms with Crippen LogP contribution in [0.4, 0.5) is 26.1 Å². The van der Waals surface area contributed by atoms with Crippen LogP contribution in [0.25, 0.3) is 0 Å². The second-order valence-electron chi connectivity index (χ2n) is 4.21. The van der Waals surface area contributed by atoms with Crippen LogP contribution in [0.1, 0.15) is 18.3 Å². The second-order valence-corrected chi connectivity index (χ2v) is 4.21. The van der Waals surface area contributed by atoms with E-state index in [0.717, 1.165) is 6.07 Å². The van der Waals surface area contributed by atoms with Gasteiger partial charge in [0.05, 0.1) is 5.69 Å². The van der Waals surface area contributed by atoms with Gasteiger partial charge in [0, 0.05) is 18.1 Å². The topological polar surface area (TPSA) is 75.9 Å². The Morgan fingerprint density at radius 2 is 1.90 bits per heavy atom. The van der Waals surface area contributed by atoms with Gasteiger partial charge >= 0.3 is 0 Å². The third-order valence-corrected chi connectivity index (χ3v) is 2.83. The van der Waals surface area contributed by atoms with Crippen LogP contribution in [-0.4, -0.2) is 9.97 Å². The van der Waals surface area contributed by atoms with Gasteiger partial charge in [-0.15, -0.1) is 0 Å². The average Bonchev–Trinajstić information content (AvgIpc) is 2.43. The number of aryl methyl sites for hydroxylation is 1. The number of nitrogens with one attached hydrogen (secondary N) is 2. The van der Waals surface area contributed by atoms with Crippen molar-refractivity contribution in [2.75, 3.05) is 10.7 Å². The van der Waals surface area contributed by atoms with E-state index in [-0.39, 0.29) is 5.69 Å². The Morgan fingerprint density at radius 3 is 2.50 bits per heavy atom. The number of aromatic nitrogens is 2. The van der Waals surface area contributed by atoms with Gasteiger partial charge in [-0.25, -0.2) is 24.6 Å². The number of nitrogens with two attached hydrogens (primary N) is 1. The fourth-order valence-electron chi connectivity index (χ4n) is 1.70. The molecule has 20 heavy (non-hydrogen) atoms. The first-order valence-corrected chi connectivity index (χ1v) is 6.11. The van der Waals surface area contributed by atoms with Gasteiger partial charge in [-0.2, -0.15) is 0 Å².